The molecule has 0 saturated heterocycles. The number of sulfone groups is 1. The highest BCUT2D eigenvalue weighted by atomic mass is 32.2. The van der Waals surface area contributed by atoms with Crippen molar-refractivity contribution in [1.82, 2.24) is 4.90 Å². The van der Waals surface area contributed by atoms with E-state index in [1.165, 1.54) is 19.2 Å². The highest BCUT2D eigenvalue weighted by molar-refractivity contribution is 7.90. The number of anilines is 1. The molecule has 0 saturated carbocycles. The summed E-state index contributed by atoms with van der Waals surface area (Å²) < 4.78 is 28.5. The van der Waals surface area contributed by atoms with Crippen molar-refractivity contribution in [1.29, 1.82) is 0 Å². The predicted octanol–water partition coefficient (Wildman–Crippen LogP) is 1.73. The number of rotatable bonds is 7. The minimum absolute atomic E-state index is 0.187. The summed E-state index contributed by atoms with van der Waals surface area (Å²) >= 11 is 0. The molecule has 2 aromatic carbocycles. The first kappa shape index (κ1) is 20.5. The molecule has 0 bridgehead atoms. The lowest BCUT2D eigenvalue weighted by Gasteiger charge is -2.25. The highest BCUT2D eigenvalue weighted by Crippen LogP contribution is 2.28. The number of nitrogens with one attached hydrogen (secondary N) is 1. The summed E-state index contributed by atoms with van der Waals surface area (Å²) in [4.78, 5) is 39.5. The van der Waals surface area contributed by atoms with Crippen molar-refractivity contribution in [2.75, 3.05) is 24.4 Å². The van der Waals surface area contributed by atoms with Gasteiger partial charge in [-0.15, -0.1) is 0 Å². The van der Waals surface area contributed by atoms with Crippen LogP contribution in [0.15, 0.2) is 48.5 Å². The van der Waals surface area contributed by atoms with Gasteiger partial charge < -0.3 is 10.1 Å². The van der Waals surface area contributed by atoms with Crippen LogP contribution in [0.4, 0.5) is 5.69 Å². The molecule has 29 heavy (non-hydrogen) atoms. The number of carbonyl (C=O) groups is 3. The molecule has 0 fully saturated rings. The third kappa shape index (κ3) is 4.29. The van der Waals surface area contributed by atoms with Crippen LogP contribution < -0.4 is 10.1 Å². The summed E-state index contributed by atoms with van der Waals surface area (Å²) in [6.45, 7) is 0. The van der Waals surface area contributed by atoms with Crippen molar-refractivity contribution >= 4 is 33.2 Å². The molecule has 152 valence electrons. The molecule has 3 amide bonds. The fourth-order valence-electron chi connectivity index (χ4n) is 3.16. The quantitative estimate of drug-likeness (QED) is 0.689. The van der Waals surface area contributed by atoms with Crippen molar-refractivity contribution in [2.24, 2.45) is 0 Å². The molecule has 2 aromatic rings. The Balaban J connectivity index is 1.94. The monoisotopic (exact) mass is 416 g/mol. The molecule has 9 heteroatoms. The largest absolute Gasteiger partial charge is 0.495 e. The van der Waals surface area contributed by atoms with Crippen molar-refractivity contribution in [3.8, 4) is 5.75 Å². The van der Waals surface area contributed by atoms with Gasteiger partial charge in [-0.25, -0.2) is 8.42 Å². The van der Waals surface area contributed by atoms with Crippen molar-refractivity contribution in [2.45, 2.75) is 12.5 Å². The molecule has 1 atom stereocenters. The second kappa shape index (κ2) is 8.04. The smallest absolute Gasteiger partial charge is 0.262 e. The summed E-state index contributed by atoms with van der Waals surface area (Å²) in [5.41, 5.74) is 0.722. The normalized spacial score (nSPS) is 14.5. The zero-order valence-corrected chi connectivity index (χ0v) is 16.7. The number of ether oxygens (including phenoxy) is 1. The van der Waals surface area contributed by atoms with Gasteiger partial charge >= 0.3 is 0 Å². The third-order valence-corrected chi connectivity index (χ3v) is 5.54. The van der Waals surface area contributed by atoms with E-state index >= 15 is 0 Å². The number of hydrogen-bond donors (Lipinski definition) is 1. The van der Waals surface area contributed by atoms with Gasteiger partial charge in [0.15, 0.2) is 0 Å². The summed E-state index contributed by atoms with van der Waals surface area (Å²) in [5, 5.41) is 2.64. The van der Waals surface area contributed by atoms with Gasteiger partial charge in [0.05, 0.1) is 29.7 Å². The predicted molar refractivity (Wildman–Crippen MR) is 107 cm³/mol. The number of imide groups is 1. The van der Waals surface area contributed by atoms with Crippen LogP contribution in [-0.4, -0.2) is 56.2 Å². The Labute approximate surface area is 168 Å². The van der Waals surface area contributed by atoms with Crippen molar-refractivity contribution < 1.29 is 27.5 Å². The number of benzene rings is 2. The van der Waals surface area contributed by atoms with Gasteiger partial charge in [-0.3, -0.25) is 19.3 Å². The second-order valence-electron chi connectivity index (χ2n) is 6.65. The first-order chi connectivity index (χ1) is 13.7. The Bertz CT molecular complexity index is 1040. The Kier molecular flexibility index (Phi) is 5.69. The Hall–Kier alpha value is -3.20. The lowest BCUT2D eigenvalue weighted by Crippen LogP contribution is -2.48. The van der Waals surface area contributed by atoms with Gasteiger partial charge in [0.1, 0.15) is 21.6 Å². The average Bonchev–Trinajstić information content (AvgIpc) is 2.93. The number of carbonyl (C=O) groups excluding carboxylic acids is 3. The number of fused-ring (bicyclic) bond motifs is 1. The van der Waals surface area contributed by atoms with E-state index in [0.29, 0.717) is 11.4 Å². The molecule has 0 aliphatic carbocycles. The average molecular weight is 416 g/mol. The molecule has 8 nitrogen and oxygen atoms in total. The lowest BCUT2D eigenvalue weighted by atomic mass is 10.1. The number of amides is 3. The molecule has 1 aliphatic rings. The molecular weight excluding hydrogens is 396 g/mol. The van der Waals surface area contributed by atoms with Crippen LogP contribution in [0.1, 0.15) is 27.1 Å². The zero-order chi connectivity index (χ0) is 21.2. The van der Waals surface area contributed by atoms with E-state index in [9.17, 15) is 22.8 Å². The fourth-order valence-corrected chi connectivity index (χ4v) is 3.81. The van der Waals surface area contributed by atoms with E-state index in [0.717, 1.165) is 11.2 Å². The SMILES string of the molecule is COc1ccccc1NC(=O)[C@@H](CCS(C)(=O)=O)N1C(=O)c2ccccc2C1=O. The van der Waals surface area contributed by atoms with Crippen LogP contribution in [0.5, 0.6) is 5.75 Å². The summed E-state index contributed by atoms with van der Waals surface area (Å²) in [6.07, 6.45) is 0.815. The molecule has 3 rings (SSSR count). The number of para-hydroxylation sites is 2. The van der Waals surface area contributed by atoms with Gasteiger partial charge in [0, 0.05) is 6.26 Å². The highest BCUT2D eigenvalue weighted by Gasteiger charge is 2.42. The standard InChI is InChI=1S/C20H20N2O6S/c1-28-17-10-6-5-9-15(17)21-18(23)16(11-12-29(2,26)27)22-19(24)13-7-3-4-8-14(13)20(22)25/h3-10,16H,11-12H2,1-2H3,(H,21,23)/t16-/m1/s1. The van der Waals surface area contributed by atoms with E-state index in [1.807, 2.05) is 0 Å². The fraction of sp³-hybridized carbons (Fsp3) is 0.250. The summed E-state index contributed by atoms with van der Waals surface area (Å²) in [6, 6.07) is 11.6. The first-order valence-electron chi connectivity index (χ1n) is 8.81. The first-order valence-corrected chi connectivity index (χ1v) is 10.9. The Morgan fingerprint density at radius 1 is 1.03 bits per heavy atom. The summed E-state index contributed by atoms with van der Waals surface area (Å²) in [7, 11) is -1.98. The Morgan fingerprint density at radius 3 is 2.14 bits per heavy atom. The van der Waals surface area contributed by atoms with Crippen molar-refractivity contribution in [3.05, 3.63) is 59.7 Å². The lowest BCUT2D eigenvalue weighted by molar-refractivity contribution is -0.120. The molecule has 1 N–H and O–H groups in total. The van der Waals surface area contributed by atoms with Gasteiger partial charge in [-0.05, 0) is 30.7 Å². The molecule has 0 aromatic heterocycles. The van der Waals surface area contributed by atoms with E-state index in [-0.39, 0.29) is 23.3 Å². The van der Waals surface area contributed by atoms with Crippen molar-refractivity contribution in [3.63, 3.8) is 0 Å². The van der Waals surface area contributed by atoms with Crippen LogP contribution in [0.25, 0.3) is 0 Å². The molecular formula is C20H20N2O6S. The van der Waals surface area contributed by atoms with Gasteiger partial charge in [0.2, 0.25) is 5.91 Å². The van der Waals surface area contributed by atoms with Gasteiger partial charge in [0.25, 0.3) is 11.8 Å². The maximum Gasteiger partial charge on any atom is 0.262 e. The van der Waals surface area contributed by atoms with E-state index < -0.39 is 33.6 Å². The number of methoxy groups -OCH3 is 1. The zero-order valence-electron chi connectivity index (χ0n) is 15.9. The maximum atomic E-state index is 13.0. The summed E-state index contributed by atoms with van der Waals surface area (Å²) in [5.74, 6) is -1.89. The minimum atomic E-state index is -3.42. The van der Waals surface area contributed by atoms with Crippen LogP contribution in [-0.2, 0) is 14.6 Å². The number of hydrogen-bond acceptors (Lipinski definition) is 6. The molecule has 1 heterocycles. The van der Waals surface area contributed by atoms with Crippen LogP contribution in [0.3, 0.4) is 0 Å². The van der Waals surface area contributed by atoms with E-state index in [2.05, 4.69) is 5.32 Å². The molecule has 0 spiro atoms. The van der Waals surface area contributed by atoms with Crippen LogP contribution >= 0.6 is 0 Å². The van der Waals surface area contributed by atoms with Gasteiger partial charge in [-0.2, -0.15) is 0 Å². The minimum Gasteiger partial charge on any atom is -0.495 e. The van der Waals surface area contributed by atoms with E-state index in [4.69, 9.17) is 4.74 Å². The maximum absolute atomic E-state index is 13.0. The second-order valence-corrected chi connectivity index (χ2v) is 8.91. The van der Waals surface area contributed by atoms with Crippen LogP contribution in [0.2, 0.25) is 0 Å². The molecule has 0 radical (unpaired) electrons. The number of nitrogens with zero attached hydrogens (tertiary/aromatic N) is 1. The third-order valence-electron chi connectivity index (χ3n) is 4.57. The molecule has 1 aliphatic heterocycles. The van der Waals surface area contributed by atoms with Crippen LogP contribution in [0, 0.1) is 0 Å². The van der Waals surface area contributed by atoms with Gasteiger partial charge in [-0.1, -0.05) is 24.3 Å². The van der Waals surface area contributed by atoms with E-state index in [1.54, 1.807) is 36.4 Å². The Morgan fingerprint density at radius 2 is 1.59 bits per heavy atom. The molecule has 0 unspecified atom stereocenters. The topological polar surface area (TPSA) is 110 Å².